The molecule has 0 saturated heterocycles. The fraction of sp³-hybridized carbons (Fsp3) is 0.875. The van der Waals surface area contributed by atoms with Gasteiger partial charge in [0.15, 0.2) is 0 Å². The van der Waals surface area contributed by atoms with Crippen LogP contribution in [0.3, 0.4) is 0 Å². The fourth-order valence-electron chi connectivity index (χ4n) is 1.58. The number of aldehydes is 1. The molecule has 0 aromatic heterocycles. The van der Waals surface area contributed by atoms with Crippen LogP contribution in [0.15, 0.2) is 0 Å². The Balaban J connectivity index is 2.66. The predicted octanol–water partition coefficient (Wildman–Crippen LogP) is 0.982. The first-order chi connectivity index (χ1) is 4.58. The minimum Gasteiger partial charge on any atom is -0.390 e. The number of carbonyl (C=O) groups is 1. The largest absolute Gasteiger partial charge is 0.390 e. The molecule has 0 unspecified atom stereocenters. The van der Waals surface area contributed by atoms with E-state index in [1.807, 2.05) is 6.92 Å². The van der Waals surface area contributed by atoms with E-state index in [1.165, 1.54) is 0 Å². The topological polar surface area (TPSA) is 37.3 Å². The fourth-order valence-corrected chi connectivity index (χ4v) is 1.58. The molecule has 0 aromatic rings. The van der Waals surface area contributed by atoms with Gasteiger partial charge in [0.25, 0.3) is 0 Å². The second kappa shape index (κ2) is 2.35. The van der Waals surface area contributed by atoms with Crippen molar-refractivity contribution in [3.05, 3.63) is 0 Å². The van der Waals surface area contributed by atoms with Crippen LogP contribution >= 0.6 is 0 Å². The first kappa shape index (κ1) is 7.73. The Kier molecular flexibility index (Phi) is 1.82. The lowest BCUT2D eigenvalue weighted by Gasteiger charge is -2.23. The summed E-state index contributed by atoms with van der Waals surface area (Å²) in [5.41, 5.74) is -0.606. The van der Waals surface area contributed by atoms with Gasteiger partial charge in [0.05, 0.1) is 5.60 Å². The van der Waals surface area contributed by atoms with Crippen LogP contribution < -0.4 is 0 Å². The van der Waals surface area contributed by atoms with Gasteiger partial charge in [-0.2, -0.15) is 0 Å². The third-order valence-corrected chi connectivity index (χ3v) is 2.78. The lowest BCUT2D eigenvalue weighted by atomic mass is 9.90. The van der Waals surface area contributed by atoms with Crippen LogP contribution in [0.1, 0.15) is 26.7 Å². The van der Waals surface area contributed by atoms with Gasteiger partial charge in [-0.1, -0.05) is 6.92 Å². The van der Waals surface area contributed by atoms with Crippen LogP contribution in [-0.4, -0.2) is 17.0 Å². The summed E-state index contributed by atoms with van der Waals surface area (Å²) in [6.45, 7) is 3.74. The molecule has 0 amide bonds. The van der Waals surface area contributed by atoms with Crippen LogP contribution in [0.2, 0.25) is 0 Å². The first-order valence-electron chi connectivity index (χ1n) is 3.75. The maximum absolute atomic E-state index is 10.4. The second-order valence-electron chi connectivity index (χ2n) is 3.48. The molecular formula is C8H14O2. The summed E-state index contributed by atoms with van der Waals surface area (Å²) in [5, 5.41) is 9.61. The van der Waals surface area contributed by atoms with E-state index in [-0.39, 0.29) is 11.8 Å². The lowest BCUT2D eigenvalue weighted by Crippen LogP contribution is -2.29. The van der Waals surface area contributed by atoms with Gasteiger partial charge in [-0.25, -0.2) is 0 Å². The third kappa shape index (κ3) is 1.08. The molecule has 0 heterocycles. The van der Waals surface area contributed by atoms with Crippen molar-refractivity contribution < 1.29 is 9.90 Å². The highest BCUT2D eigenvalue weighted by Crippen LogP contribution is 2.38. The molecule has 1 N–H and O–H groups in total. The van der Waals surface area contributed by atoms with Gasteiger partial charge in [0.2, 0.25) is 0 Å². The normalized spacial score (nSPS) is 47.5. The van der Waals surface area contributed by atoms with Crippen molar-refractivity contribution in [1.82, 2.24) is 0 Å². The zero-order valence-electron chi connectivity index (χ0n) is 6.50. The number of hydrogen-bond acceptors (Lipinski definition) is 2. The molecule has 0 radical (unpaired) electrons. The van der Waals surface area contributed by atoms with Crippen LogP contribution in [0.5, 0.6) is 0 Å². The molecule has 0 spiro atoms. The molecule has 1 aliphatic rings. The second-order valence-corrected chi connectivity index (χ2v) is 3.48. The lowest BCUT2D eigenvalue weighted by molar-refractivity contribution is -0.113. The maximum Gasteiger partial charge on any atom is 0.123 e. The molecule has 58 valence electrons. The zero-order chi connectivity index (χ0) is 7.78. The molecular weight excluding hydrogens is 128 g/mol. The maximum atomic E-state index is 10.4. The van der Waals surface area contributed by atoms with E-state index in [4.69, 9.17) is 0 Å². The summed E-state index contributed by atoms with van der Waals surface area (Å²) in [4.78, 5) is 10.4. The highest BCUT2D eigenvalue weighted by atomic mass is 16.3. The summed E-state index contributed by atoms with van der Waals surface area (Å²) in [6.07, 6.45) is 2.57. The van der Waals surface area contributed by atoms with Crippen molar-refractivity contribution in [1.29, 1.82) is 0 Å². The number of aliphatic hydroxyl groups is 1. The van der Waals surface area contributed by atoms with Crippen LogP contribution in [-0.2, 0) is 4.79 Å². The SMILES string of the molecule is C[C@H]1[C@H](C=O)CC[C@]1(C)O. The van der Waals surface area contributed by atoms with Crippen molar-refractivity contribution in [3.8, 4) is 0 Å². The highest BCUT2D eigenvalue weighted by molar-refractivity contribution is 5.55. The van der Waals surface area contributed by atoms with Crippen LogP contribution in [0, 0.1) is 11.8 Å². The molecule has 0 aromatic carbocycles. The summed E-state index contributed by atoms with van der Waals surface area (Å²) in [5.74, 6) is 0.208. The van der Waals surface area contributed by atoms with Gasteiger partial charge in [-0.15, -0.1) is 0 Å². The van der Waals surface area contributed by atoms with E-state index in [0.717, 1.165) is 19.1 Å². The quantitative estimate of drug-likeness (QED) is 0.554. The molecule has 3 atom stereocenters. The Morgan fingerprint density at radius 1 is 1.70 bits per heavy atom. The number of hydrogen-bond donors (Lipinski definition) is 1. The molecule has 1 rings (SSSR count). The zero-order valence-corrected chi connectivity index (χ0v) is 6.50. The summed E-state index contributed by atoms with van der Waals surface area (Å²) in [6, 6.07) is 0. The van der Waals surface area contributed by atoms with Gasteiger partial charge in [-0.3, -0.25) is 0 Å². The Morgan fingerprint density at radius 3 is 2.50 bits per heavy atom. The van der Waals surface area contributed by atoms with Crippen LogP contribution in [0.25, 0.3) is 0 Å². The molecule has 0 aliphatic heterocycles. The smallest absolute Gasteiger partial charge is 0.123 e. The molecule has 1 fully saturated rings. The average molecular weight is 142 g/mol. The molecule has 1 saturated carbocycles. The molecule has 10 heavy (non-hydrogen) atoms. The minimum atomic E-state index is -0.606. The van der Waals surface area contributed by atoms with E-state index in [2.05, 4.69) is 0 Å². The summed E-state index contributed by atoms with van der Waals surface area (Å²) < 4.78 is 0. The minimum absolute atomic E-state index is 0.0787. The van der Waals surface area contributed by atoms with E-state index >= 15 is 0 Å². The highest BCUT2D eigenvalue weighted by Gasteiger charge is 2.40. The van der Waals surface area contributed by atoms with Crippen molar-refractivity contribution in [2.75, 3.05) is 0 Å². The van der Waals surface area contributed by atoms with Crippen molar-refractivity contribution in [2.45, 2.75) is 32.3 Å². The Hall–Kier alpha value is -0.370. The van der Waals surface area contributed by atoms with E-state index in [0.29, 0.717) is 0 Å². The van der Waals surface area contributed by atoms with E-state index in [9.17, 15) is 9.90 Å². The van der Waals surface area contributed by atoms with Gasteiger partial charge in [-0.05, 0) is 25.7 Å². The van der Waals surface area contributed by atoms with E-state index in [1.54, 1.807) is 6.92 Å². The molecule has 1 aliphatic carbocycles. The van der Waals surface area contributed by atoms with Gasteiger partial charge >= 0.3 is 0 Å². The van der Waals surface area contributed by atoms with Crippen molar-refractivity contribution in [3.63, 3.8) is 0 Å². The number of carbonyl (C=O) groups excluding carboxylic acids is 1. The Labute approximate surface area is 61.2 Å². The molecule has 0 bridgehead atoms. The molecule has 2 heteroatoms. The Morgan fingerprint density at radius 2 is 2.30 bits per heavy atom. The van der Waals surface area contributed by atoms with Gasteiger partial charge in [0.1, 0.15) is 6.29 Å². The van der Waals surface area contributed by atoms with Gasteiger partial charge < -0.3 is 9.90 Å². The predicted molar refractivity (Wildman–Crippen MR) is 38.6 cm³/mol. The average Bonchev–Trinajstić information content (AvgIpc) is 2.10. The van der Waals surface area contributed by atoms with E-state index < -0.39 is 5.60 Å². The van der Waals surface area contributed by atoms with Crippen molar-refractivity contribution >= 4 is 6.29 Å². The summed E-state index contributed by atoms with van der Waals surface area (Å²) >= 11 is 0. The third-order valence-electron chi connectivity index (χ3n) is 2.78. The summed E-state index contributed by atoms with van der Waals surface area (Å²) in [7, 11) is 0. The van der Waals surface area contributed by atoms with Crippen LogP contribution in [0.4, 0.5) is 0 Å². The van der Waals surface area contributed by atoms with Crippen molar-refractivity contribution in [2.24, 2.45) is 11.8 Å². The molecule has 2 nitrogen and oxygen atoms in total. The first-order valence-corrected chi connectivity index (χ1v) is 3.75. The Bertz CT molecular complexity index is 140. The monoisotopic (exact) mass is 142 g/mol. The number of rotatable bonds is 1. The van der Waals surface area contributed by atoms with Gasteiger partial charge in [0, 0.05) is 5.92 Å². The standard InChI is InChI=1S/C8H14O2/c1-6-7(5-9)3-4-8(6,2)10/h5-7,10H,3-4H2,1-2H3/t6-,7-,8-/m0/s1.